The molecule has 0 radical (unpaired) electrons. The zero-order valence-electron chi connectivity index (χ0n) is 14.8. The standard InChI is InChI=1S/C23H19IN2/c1-16-14-18(17(2)26(16)22-6-4-3-5-7-22)8-11-21-12-9-19-15-20(24)10-13-23(19)25-21/h3-15H,1-2H3/b11-8+. The fraction of sp³-hybridized carbons (Fsp3) is 0.0870. The quantitative estimate of drug-likeness (QED) is 0.330. The lowest BCUT2D eigenvalue weighted by molar-refractivity contribution is 0.965. The fourth-order valence-corrected chi connectivity index (χ4v) is 3.83. The third-order valence-corrected chi connectivity index (χ3v) is 5.26. The van der Waals surface area contributed by atoms with Crippen molar-refractivity contribution < 1.29 is 0 Å². The molecule has 0 amide bonds. The number of hydrogen-bond acceptors (Lipinski definition) is 1. The van der Waals surface area contributed by atoms with Crippen LogP contribution in [0.3, 0.4) is 0 Å². The monoisotopic (exact) mass is 450 g/mol. The Balaban J connectivity index is 1.68. The van der Waals surface area contributed by atoms with Crippen molar-refractivity contribution >= 4 is 45.6 Å². The van der Waals surface area contributed by atoms with Crippen LogP contribution in [0.1, 0.15) is 22.6 Å². The van der Waals surface area contributed by atoms with Gasteiger partial charge in [-0.05, 0) is 90.5 Å². The molecule has 26 heavy (non-hydrogen) atoms. The number of rotatable bonds is 3. The third kappa shape index (κ3) is 3.31. The molecule has 0 unspecified atom stereocenters. The van der Waals surface area contributed by atoms with E-state index in [2.05, 4.69) is 114 Å². The van der Waals surface area contributed by atoms with Crippen LogP contribution in [0.5, 0.6) is 0 Å². The van der Waals surface area contributed by atoms with E-state index in [4.69, 9.17) is 4.98 Å². The van der Waals surface area contributed by atoms with Gasteiger partial charge in [-0.3, -0.25) is 0 Å². The predicted octanol–water partition coefficient (Wildman–Crippen LogP) is 6.42. The predicted molar refractivity (Wildman–Crippen MR) is 119 cm³/mol. The maximum absolute atomic E-state index is 4.75. The minimum Gasteiger partial charge on any atom is -0.318 e. The summed E-state index contributed by atoms with van der Waals surface area (Å²) in [5, 5.41) is 1.18. The summed E-state index contributed by atoms with van der Waals surface area (Å²) in [6.07, 6.45) is 4.25. The molecule has 2 aromatic heterocycles. The van der Waals surface area contributed by atoms with Crippen molar-refractivity contribution in [3.05, 3.63) is 92.9 Å². The van der Waals surface area contributed by atoms with E-state index in [-0.39, 0.29) is 0 Å². The second-order valence-corrected chi connectivity index (χ2v) is 7.65. The second kappa shape index (κ2) is 7.08. The Morgan fingerprint density at radius 2 is 1.69 bits per heavy atom. The number of fused-ring (bicyclic) bond motifs is 1. The van der Waals surface area contributed by atoms with Crippen LogP contribution in [-0.4, -0.2) is 9.55 Å². The summed E-state index contributed by atoms with van der Waals surface area (Å²) < 4.78 is 3.52. The van der Waals surface area contributed by atoms with Gasteiger partial charge in [0.05, 0.1) is 11.2 Å². The maximum Gasteiger partial charge on any atom is 0.0709 e. The molecule has 0 N–H and O–H groups in total. The molecule has 0 atom stereocenters. The highest BCUT2D eigenvalue weighted by Crippen LogP contribution is 2.23. The lowest BCUT2D eigenvalue weighted by atomic mass is 10.1. The number of hydrogen-bond donors (Lipinski definition) is 0. The average Bonchev–Trinajstić information content (AvgIpc) is 2.94. The van der Waals surface area contributed by atoms with Crippen LogP contribution in [0.15, 0.2) is 66.7 Å². The molecule has 0 saturated heterocycles. The summed E-state index contributed by atoms with van der Waals surface area (Å²) in [6, 6.07) is 23.2. The van der Waals surface area contributed by atoms with Gasteiger partial charge >= 0.3 is 0 Å². The van der Waals surface area contributed by atoms with E-state index < -0.39 is 0 Å². The molecule has 0 aliphatic rings. The minimum absolute atomic E-state index is 0.975. The number of para-hydroxylation sites is 1. The first-order valence-electron chi connectivity index (χ1n) is 8.60. The van der Waals surface area contributed by atoms with Crippen LogP contribution >= 0.6 is 22.6 Å². The average molecular weight is 450 g/mol. The largest absolute Gasteiger partial charge is 0.318 e. The highest BCUT2D eigenvalue weighted by Gasteiger charge is 2.08. The van der Waals surface area contributed by atoms with Gasteiger partial charge in [-0.2, -0.15) is 0 Å². The van der Waals surface area contributed by atoms with Crippen LogP contribution in [0, 0.1) is 17.4 Å². The maximum atomic E-state index is 4.75. The Morgan fingerprint density at radius 3 is 2.50 bits per heavy atom. The van der Waals surface area contributed by atoms with E-state index in [9.17, 15) is 0 Å². The van der Waals surface area contributed by atoms with E-state index in [0.29, 0.717) is 0 Å². The Bertz CT molecular complexity index is 1110. The van der Waals surface area contributed by atoms with E-state index in [0.717, 1.165) is 11.2 Å². The molecule has 0 aliphatic carbocycles. The Morgan fingerprint density at radius 1 is 0.885 bits per heavy atom. The molecule has 0 spiro atoms. The molecule has 0 saturated carbocycles. The molecule has 0 fully saturated rings. The second-order valence-electron chi connectivity index (χ2n) is 6.40. The molecule has 2 heterocycles. The van der Waals surface area contributed by atoms with Crippen molar-refractivity contribution in [1.29, 1.82) is 0 Å². The van der Waals surface area contributed by atoms with E-state index in [1.807, 2.05) is 6.07 Å². The van der Waals surface area contributed by atoms with Gasteiger partial charge in [0.15, 0.2) is 0 Å². The number of pyridine rings is 1. The van der Waals surface area contributed by atoms with Gasteiger partial charge in [-0.15, -0.1) is 0 Å². The molecular formula is C23H19IN2. The van der Waals surface area contributed by atoms with E-state index >= 15 is 0 Å². The van der Waals surface area contributed by atoms with Crippen molar-refractivity contribution in [1.82, 2.24) is 9.55 Å². The molecule has 4 aromatic rings. The van der Waals surface area contributed by atoms with Gasteiger partial charge in [-0.1, -0.05) is 30.3 Å². The fourth-order valence-electron chi connectivity index (χ4n) is 3.31. The van der Waals surface area contributed by atoms with Gasteiger partial charge in [0.2, 0.25) is 0 Å². The summed E-state index contributed by atoms with van der Waals surface area (Å²) in [5.41, 5.74) is 6.89. The first-order valence-corrected chi connectivity index (χ1v) is 9.68. The highest BCUT2D eigenvalue weighted by atomic mass is 127. The van der Waals surface area contributed by atoms with Crippen LogP contribution in [-0.2, 0) is 0 Å². The van der Waals surface area contributed by atoms with Crippen LogP contribution in [0.4, 0.5) is 0 Å². The summed E-state index contributed by atoms with van der Waals surface area (Å²) in [5.74, 6) is 0. The normalized spacial score (nSPS) is 11.5. The number of nitrogens with zero attached hydrogens (tertiary/aromatic N) is 2. The SMILES string of the molecule is Cc1cc(/C=C/c2ccc3cc(I)ccc3n2)c(C)n1-c1ccccc1. The Hall–Kier alpha value is -2.40. The molecule has 0 bridgehead atoms. The van der Waals surface area contributed by atoms with Gasteiger partial charge in [0, 0.05) is 26.0 Å². The molecule has 4 rings (SSSR count). The molecule has 128 valence electrons. The lowest BCUT2D eigenvalue weighted by Crippen LogP contribution is -1.98. The van der Waals surface area contributed by atoms with Crippen molar-refractivity contribution in [3.8, 4) is 5.69 Å². The summed E-state index contributed by atoms with van der Waals surface area (Å²) >= 11 is 2.33. The van der Waals surface area contributed by atoms with Crippen LogP contribution < -0.4 is 0 Å². The smallest absolute Gasteiger partial charge is 0.0709 e. The molecular weight excluding hydrogens is 431 g/mol. The summed E-state index contributed by atoms with van der Waals surface area (Å²) in [6.45, 7) is 4.31. The number of aromatic nitrogens is 2. The lowest BCUT2D eigenvalue weighted by Gasteiger charge is -2.09. The van der Waals surface area contributed by atoms with Crippen molar-refractivity contribution in [2.75, 3.05) is 0 Å². The van der Waals surface area contributed by atoms with Crippen molar-refractivity contribution in [2.45, 2.75) is 13.8 Å². The van der Waals surface area contributed by atoms with Gasteiger partial charge in [-0.25, -0.2) is 4.98 Å². The zero-order chi connectivity index (χ0) is 18.1. The topological polar surface area (TPSA) is 17.8 Å². The molecule has 2 nitrogen and oxygen atoms in total. The Kier molecular flexibility index (Phi) is 4.64. The zero-order valence-corrected chi connectivity index (χ0v) is 16.9. The summed E-state index contributed by atoms with van der Waals surface area (Å²) in [4.78, 5) is 4.75. The number of halogens is 1. The van der Waals surface area contributed by atoms with Crippen molar-refractivity contribution in [2.24, 2.45) is 0 Å². The molecule has 3 heteroatoms. The first kappa shape index (κ1) is 17.0. The highest BCUT2D eigenvalue weighted by molar-refractivity contribution is 14.1. The summed E-state index contributed by atoms with van der Waals surface area (Å²) in [7, 11) is 0. The van der Waals surface area contributed by atoms with E-state index in [1.54, 1.807) is 0 Å². The van der Waals surface area contributed by atoms with Gasteiger partial charge < -0.3 is 4.57 Å². The molecule has 0 aliphatic heterocycles. The minimum atomic E-state index is 0.975. The van der Waals surface area contributed by atoms with E-state index in [1.165, 1.54) is 31.6 Å². The van der Waals surface area contributed by atoms with Crippen molar-refractivity contribution in [3.63, 3.8) is 0 Å². The van der Waals surface area contributed by atoms with Crippen LogP contribution in [0.2, 0.25) is 0 Å². The van der Waals surface area contributed by atoms with Gasteiger partial charge in [0.1, 0.15) is 0 Å². The number of benzene rings is 2. The number of aryl methyl sites for hydroxylation is 1. The van der Waals surface area contributed by atoms with Crippen LogP contribution in [0.25, 0.3) is 28.7 Å². The molecule has 2 aromatic carbocycles. The van der Waals surface area contributed by atoms with Gasteiger partial charge in [0.25, 0.3) is 0 Å². The third-order valence-electron chi connectivity index (χ3n) is 4.59. The first-order chi connectivity index (χ1) is 12.6. The Labute approximate surface area is 167 Å².